The number of Topliss-reactive ketones (excluding diaryl/α,β-unsaturated/α-hetero) is 1. The number of hydrogen-bond donors (Lipinski definition) is 4. The first kappa shape index (κ1) is 28.0. The van der Waals surface area contributed by atoms with E-state index in [4.69, 9.17) is 11.5 Å². The van der Waals surface area contributed by atoms with Gasteiger partial charge in [-0.15, -0.1) is 10.2 Å². The molecule has 0 bridgehead atoms. The fourth-order valence-electron chi connectivity index (χ4n) is 5.49. The summed E-state index contributed by atoms with van der Waals surface area (Å²) in [5, 5.41) is 17.0. The van der Waals surface area contributed by atoms with E-state index in [9.17, 15) is 9.59 Å². The van der Waals surface area contributed by atoms with E-state index in [0.29, 0.717) is 30.4 Å². The van der Waals surface area contributed by atoms with Gasteiger partial charge in [-0.25, -0.2) is 9.97 Å². The Bertz CT molecular complexity index is 1460. The SMILES string of the molecule is Cc1nc(N)ncc1-c1ccc(C[C@H](CC(=O)C2CCC(CN)CC2)C(=O)Nc2ccc(-c3nn[nH]n3)cc2)cc1. The first-order chi connectivity index (χ1) is 19.9. The van der Waals surface area contributed by atoms with E-state index in [0.717, 1.165) is 53.6 Å². The number of aromatic nitrogens is 6. The average molecular weight is 554 g/mol. The maximum Gasteiger partial charge on any atom is 0.228 e. The summed E-state index contributed by atoms with van der Waals surface area (Å²) in [6.07, 6.45) is 5.95. The van der Waals surface area contributed by atoms with Crippen molar-refractivity contribution in [2.75, 3.05) is 17.6 Å². The van der Waals surface area contributed by atoms with Crippen LogP contribution in [0.4, 0.5) is 11.6 Å². The largest absolute Gasteiger partial charge is 0.368 e. The molecule has 6 N–H and O–H groups in total. The number of ketones is 1. The Balaban J connectivity index is 1.31. The number of nitrogens with one attached hydrogen (secondary N) is 2. The maximum absolute atomic E-state index is 13.6. The molecule has 1 atom stereocenters. The van der Waals surface area contributed by atoms with Crippen LogP contribution in [0.5, 0.6) is 0 Å². The van der Waals surface area contributed by atoms with E-state index in [2.05, 4.69) is 35.9 Å². The van der Waals surface area contributed by atoms with Crippen molar-refractivity contribution in [2.24, 2.45) is 23.5 Å². The van der Waals surface area contributed by atoms with Crippen molar-refractivity contribution >= 4 is 23.3 Å². The summed E-state index contributed by atoms with van der Waals surface area (Å²) < 4.78 is 0. The number of benzene rings is 2. The lowest BCUT2D eigenvalue weighted by atomic mass is 9.77. The van der Waals surface area contributed by atoms with Gasteiger partial charge in [0, 0.05) is 41.3 Å². The van der Waals surface area contributed by atoms with Crippen molar-refractivity contribution in [3.8, 4) is 22.5 Å². The number of tetrazole rings is 1. The predicted octanol–water partition coefficient (Wildman–Crippen LogP) is 3.74. The highest BCUT2D eigenvalue weighted by atomic mass is 16.2. The predicted molar refractivity (Wildman–Crippen MR) is 156 cm³/mol. The van der Waals surface area contributed by atoms with Gasteiger partial charge in [0.15, 0.2) is 0 Å². The normalized spacial score (nSPS) is 17.6. The fraction of sp³-hybridized carbons (Fsp3) is 0.367. The first-order valence-corrected chi connectivity index (χ1v) is 14.0. The van der Waals surface area contributed by atoms with Crippen LogP contribution in [0, 0.1) is 24.7 Å². The third-order valence-electron chi connectivity index (χ3n) is 7.95. The smallest absolute Gasteiger partial charge is 0.228 e. The van der Waals surface area contributed by atoms with E-state index >= 15 is 0 Å². The van der Waals surface area contributed by atoms with Crippen LogP contribution in [0.25, 0.3) is 22.5 Å². The highest BCUT2D eigenvalue weighted by molar-refractivity contribution is 5.96. The number of anilines is 2. The molecule has 1 aliphatic rings. The Hall–Kier alpha value is -4.51. The zero-order valence-electron chi connectivity index (χ0n) is 23.1. The van der Waals surface area contributed by atoms with Gasteiger partial charge < -0.3 is 16.8 Å². The van der Waals surface area contributed by atoms with Crippen LogP contribution in [-0.2, 0) is 16.0 Å². The first-order valence-electron chi connectivity index (χ1n) is 14.0. The van der Waals surface area contributed by atoms with Crippen LogP contribution in [0.2, 0.25) is 0 Å². The van der Waals surface area contributed by atoms with Crippen molar-refractivity contribution in [1.82, 2.24) is 30.6 Å². The molecule has 11 heteroatoms. The standard InChI is InChI=1S/C30H35N9O2/c1-18-26(17-33-30(32)34-18)21-6-2-19(3-7-21)14-24(15-27(40)22-8-4-20(16-31)5-9-22)29(41)35-25-12-10-23(11-13-25)28-36-38-39-37-28/h2-3,6-7,10-13,17,20,22,24H,4-5,8-9,14-16,31H2,1H3,(H,35,41)(H2,32,33,34)(H,36,37,38,39)/t20?,22?,24-/m1/s1. The van der Waals surface area contributed by atoms with Crippen molar-refractivity contribution in [3.05, 3.63) is 66.0 Å². The van der Waals surface area contributed by atoms with E-state index < -0.39 is 5.92 Å². The molecule has 2 aromatic heterocycles. The maximum atomic E-state index is 13.6. The molecule has 1 saturated carbocycles. The van der Waals surface area contributed by atoms with E-state index in [-0.39, 0.29) is 30.0 Å². The minimum Gasteiger partial charge on any atom is -0.368 e. The second-order valence-electron chi connectivity index (χ2n) is 10.8. The number of carbonyl (C=O) groups is 2. The van der Waals surface area contributed by atoms with Crippen LogP contribution >= 0.6 is 0 Å². The Morgan fingerprint density at radius 2 is 1.73 bits per heavy atom. The summed E-state index contributed by atoms with van der Waals surface area (Å²) in [5.41, 5.74) is 16.6. The zero-order chi connectivity index (χ0) is 28.8. The molecular weight excluding hydrogens is 518 g/mol. The van der Waals surface area contributed by atoms with Gasteiger partial charge in [-0.2, -0.15) is 5.21 Å². The minimum atomic E-state index is -0.515. The Labute approximate surface area is 238 Å². The van der Waals surface area contributed by atoms with Gasteiger partial charge in [0.2, 0.25) is 17.7 Å². The molecule has 5 rings (SSSR count). The molecule has 1 fully saturated rings. The van der Waals surface area contributed by atoms with Gasteiger partial charge >= 0.3 is 0 Å². The number of carbonyl (C=O) groups excluding carboxylic acids is 2. The Morgan fingerprint density at radius 3 is 2.37 bits per heavy atom. The van der Waals surface area contributed by atoms with Gasteiger partial charge in [0.25, 0.3) is 0 Å². The number of nitrogen functional groups attached to an aromatic ring is 1. The molecule has 0 saturated heterocycles. The number of aryl methyl sites for hydroxylation is 1. The van der Waals surface area contributed by atoms with Gasteiger partial charge in [-0.05, 0) is 92.1 Å². The molecule has 2 aromatic carbocycles. The van der Waals surface area contributed by atoms with Crippen molar-refractivity contribution in [2.45, 2.75) is 45.4 Å². The summed E-state index contributed by atoms with van der Waals surface area (Å²) in [6, 6.07) is 15.2. The molecule has 0 radical (unpaired) electrons. The van der Waals surface area contributed by atoms with Gasteiger partial charge in [-0.1, -0.05) is 24.3 Å². The van der Waals surface area contributed by atoms with E-state index in [1.165, 1.54) is 0 Å². The van der Waals surface area contributed by atoms with Gasteiger partial charge in [-0.3, -0.25) is 9.59 Å². The number of rotatable bonds is 10. The van der Waals surface area contributed by atoms with Crippen LogP contribution in [-0.4, -0.2) is 48.8 Å². The summed E-state index contributed by atoms with van der Waals surface area (Å²) in [4.78, 5) is 35.3. The number of aromatic amines is 1. The molecular formula is C30H35N9O2. The quantitative estimate of drug-likeness (QED) is 0.228. The lowest BCUT2D eigenvalue weighted by Gasteiger charge is -2.27. The minimum absolute atomic E-state index is 0.0155. The number of H-pyrrole nitrogens is 1. The fourth-order valence-corrected chi connectivity index (χ4v) is 5.49. The lowest BCUT2D eigenvalue weighted by Crippen LogP contribution is -2.31. The second-order valence-corrected chi connectivity index (χ2v) is 10.8. The molecule has 41 heavy (non-hydrogen) atoms. The topological polar surface area (TPSA) is 178 Å². The van der Waals surface area contributed by atoms with Crippen molar-refractivity contribution in [1.29, 1.82) is 0 Å². The molecule has 11 nitrogen and oxygen atoms in total. The number of hydrogen-bond acceptors (Lipinski definition) is 9. The van der Waals surface area contributed by atoms with Crippen molar-refractivity contribution in [3.63, 3.8) is 0 Å². The highest BCUT2D eigenvalue weighted by Gasteiger charge is 2.30. The van der Waals surface area contributed by atoms with Crippen molar-refractivity contribution < 1.29 is 9.59 Å². The zero-order valence-corrected chi connectivity index (χ0v) is 23.1. The molecule has 212 valence electrons. The summed E-state index contributed by atoms with van der Waals surface area (Å²) in [6.45, 7) is 2.55. The second kappa shape index (κ2) is 12.8. The monoisotopic (exact) mass is 553 g/mol. The number of nitrogens with two attached hydrogens (primary N) is 2. The Morgan fingerprint density at radius 1 is 1.02 bits per heavy atom. The average Bonchev–Trinajstić information content (AvgIpc) is 3.53. The number of nitrogens with zero attached hydrogens (tertiary/aromatic N) is 5. The third kappa shape index (κ3) is 6.98. The van der Waals surface area contributed by atoms with Crippen LogP contribution < -0.4 is 16.8 Å². The summed E-state index contributed by atoms with van der Waals surface area (Å²) in [5.74, 6) is 0.634. The highest BCUT2D eigenvalue weighted by Crippen LogP contribution is 2.31. The number of amides is 1. The molecule has 1 amide bonds. The van der Waals surface area contributed by atoms with E-state index in [1.807, 2.05) is 43.3 Å². The van der Waals surface area contributed by atoms with Crippen LogP contribution in [0.15, 0.2) is 54.7 Å². The molecule has 4 aromatic rings. The Kier molecular flexibility index (Phi) is 8.73. The van der Waals surface area contributed by atoms with Crippen LogP contribution in [0.1, 0.15) is 43.4 Å². The molecule has 0 unspecified atom stereocenters. The lowest BCUT2D eigenvalue weighted by molar-refractivity contribution is -0.129. The molecule has 2 heterocycles. The summed E-state index contributed by atoms with van der Waals surface area (Å²) >= 11 is 0. The van der Waals surface area contributed by atoms with E-state index in [1.54, 1.807) is 18.3 Å². The van der Waals surface area contributed by atoms with Crippen LogP contribution in [0.3, 0.4) is 0 Å². The molecule has 0 spiro atoms. The molecule has 0 aliphatic heterocycles. The molecule has 1 aliphatic carbocycles. The summed E-state index contributed by atoms with van der Waals surface area (Å²) in [7, 11) is 0. The van der Waals surface area contributed by atoms with Gasteiger partial charge in [0.1, 0.15) is 5.78 Å². The third-order valence-corrected chi connectivity index (χ3v) is 7.95. The van der Waals surface area contributed by atoms with Gasteiger partial charge in [0.05, 0.1) is 5.69 Å².